The van der Waals surface area contributed by atoms with E-state index in [4.69, 9.17) is 14.5 Å². The van der Waals surface area contributed by atoms with Crippen LogP contribution < -0.4 is 4.90 Å². The van der Waals surface area contributed by atoms with Crippen molar-refractivity contribution < 1.29 is 28.4 Å². The Labute approximate surface area is 122 Å². The molecule has 0 saturated heterocycles. The van der Waals surface area contributed by atoms with Gasteiger partial charge in [-0.25, -0.2) is 14.3 Å². The number of aromatic nitrogens is 1. The summed E-state index contributed by atoms with van der Waals surface area (Å²) in [6, 6.07) is 3.14. The fraction of sp³-hybridized carbons (Fsp3) is 0.500. The van der Waals surface area contributed by atoms with Crippen LogP contribution in [0.2, 0.25) is 0 Å². The second-order valence-corrected chi connectivity index (χ2v) is 6.02. The molecule has 1 amide bonds. The minimum absolute atomic E-state index is 0.198. The average molecular weight is 318 g/mol. The lowest BCUT2D eigenvalue weighted by atomic mass is 10.2. The van der Waals surface area contributed by atoms with Gasteiger partial charge in [-0.05, 0) is 12.0 Å². The van der Waals surface area contributed by atoms with E-state index in [1.54, 1.807) is 12.1 Å². The van der Waals surface area contributed by atoms with Gasteiger partial charge in [0.25, 0.3) is 0 Å². The normalized spacial score (nSPS) is 11.5. The maximum Gasteiger partial charge on any atom is 0.469 e. The molecule has 0 aliphatic heterocycles. The van der Waals surface area contributed by atoms with Crippen LogP contribution in [-0.4, -0.2) is 34.5 Å². The molecule has 0 spiro atoms. The largest absolute Gasteiger partial charge is 0.469 e. The van der Waals surface area contributed by atoms with E-state index in [1.807, 2.05) is 13.8 Å². The summed E-state index contributed by atoms with van der Waals surface area (Å²) in [6.07, 6.45) is 0.863. The third kappa shape index (κ3) is 6.22. The average Bonchev–Trinajstić information content (AvgIpc) is 2.41. The lowest BCUT2D eigenvalue weighted by Gasteiger charge is -2.19. The SMILES string of the molecule is CC(C)COC(=O)N(C)c1ncccc1COP(=O)(O)O. The molecule has 9 heteroatoms. The van der Waals surface area contributed by atoms with Gasteiger partial charge < -0.3 is 14.5 Å². The zero-order valence-electron chi connectivity index (χ0n) is 12.1. The summed E-state index contributed by atoms with van der Waals surface area (Å²) in [5.74, 6) is 0.420. The molecule has 0 fully saturated rings. The molecule has 0 radical (unpaired) electrons. The Morgan fingerprint density at radius 2 is 2.14 bits per heavy atom. The maximum atomic E-state index is 11.9. The van der Waals surface area contributed by atoms with Crippen molar-refractivity contribution >= 4 is 19.7 Å². The highest BCUT2D eigenvalue weighted by Gasteiger charge is 2.20. The number of nitrogens with zero attached hydrogens (tertiary/aromatic N) is 2. The van der Waals surface area contributed by atoms with Crippen LogP contribution in [0.15, 0.2) is 18.3 Å². The second-order valence-electron chi connectivity index (χ2n) is 4.78. The van der Waals surface area contributed by atoms with E-state index in [-0.39, 0.29) is 24.9 Å². The third-order valence-corrected chi connectivity index (χ3v) is 2.85. The van der Waals surface area contributed by atoms with Crippen LogP contribution >= 0.6 is 7.82 Å². The molecule has 1 aromatic rings. The van der Waals surface area contributed by atoms with Crippen LogP contribution in [-0.2, 0) is 20.4 Å². The summed E-state index contributed by atoms with van der Waals surface area (Å²) in [7, 11) is -3.13. The fourth-order valence-electron chi connectivity index (χ4n) is 1.42. The first kappa shape index (κ1) is 17.6. The van der Waals surface area contributed by atoms with Crippen molar-refractivity contribution in [2.75, 3.05) is 18.6 Å². The summed E-state index contributed by atoms with van der Waals surface area (Å²) in [5, 5.41) is 0. The molecule has 1 rings (SSSR count). The fourth-order valence-corrected chi connectivity index (χ4v) is 1.73. The first-order chi connectivity index (χ1) is 9.70. The van der Waals surface area contributed by atoms with Crippen LogP contribution in [0.1, 0.15) is 19.4 Å². The van der Waals surface area contributed by atoms with Gasteiger partial charge in [0.15, 0.2) is 0 Å². The van der Waals surface area contributed by atoms with Crippen molar-refractivity contribution in [2.45, 2.75) is 20.5 Å². The lowest BCUT2D eigenvalue weighted by Crippen LogP contribution is -2.30. The first-order valence-electron chi connectivity index (χ1n) is 6.25. The number of carbonyl (C=O) groups is 1. The Morgan fingerprint density at radius 1 is 1.48 bits per heavy atom. The van der Waals surface area contributed by atoms with E-state index in [2.05, 4.69) is 9.51 Å². The quantitative estimate of drug-likeness (QED) is 0.771. The van der Waals surface area contributed by atoms with Gasteiger partial charge in [0.2, 0.25) is 0 Å². The third-order valence-electron chi connectivity index (χ3n) is 2.39. The maximum absolute atomic E-state index is 11.9. The number of phosphoric ester groups is 1. The van der Waals surface area contributed by atoms with Crippen LogP contribution in [0.4, 0.5) is 10.6 Å². The van der Waals surface area contributed by atoms with E-state index in [0.717, 1.165) is 0 Å². The van der Waals surface area contributed by atoms with Gasteiger partial charge in [0.05, 0.1) is 13.2 Å². The monoisotopic (exact) mass is 318 g/mol. The summed E-state index contributed by atoms with van der Waals surface area (Å²) < 4.78 is 20.2. The number of phosphoric acid groups is 1. The molecule has 0 unspecified atom stereocenters. The molecule has 1 heterocycles. The zero-order chi connectivity index (χ0) is 16.0. The lowest BCUT2D eigenvalue weighted by molar-refractivity contribution is 0.141. The van der Waals surface area contributed by atoms with E-state index in [0.29, 0.717) is 5.56 Å². The minimum Gasteiger partial charge on any atom is -0.449 e. The molecule has 118 valence electrons. The molecule has 0 aliphatic rings. The van der Waals surface area contributed by atoms with Gasteiger partial charge in [-0.2, -0.15) is 0 Å². The summed E-state index contributed by atoms with van der Waals surface area (Å²) in [4.78, 5) is 34.5. The standard InChI is InChI=1S/C12H19N2O6P/c1-9(2)7-19-12(15)14(3)11-10(5-4-6-13-11)8-20-21(16,17)18/h4-6,9H,7-8H2,1-3H3,(H2,16,17,18). The highest BCUT2D eigenvalue weighted by atomic mass is 31.2. The van der Waals surface area contributed by atoms with Gasteiger partial charge in [-0.15, -0.1) is 0 Å². The highest BCUT2D eigenvalue weighted by Crippen LogP contribution is 2.37. The molecule has 21 heavy (non-hydrogen) atoms. The molecule has 8 nitrogen and oxygen atoms in total. The van der Waals surface area contributed by atoms with Crippen molar-refractivity contribution in [3.8, 4) is 0 Å². The molecule has 0 aromatic carbocycles. The van der Waals surface area contributed by atoms with Crippen LogP contribution in [0.3, 0.4) is 0 Å². The topological polar surface area (TPSA) is 109 Å². The second kappa shape index (κ2) is 7.51. The van der Waals surface area contributed by atoms with Crippen molar-refractivity contribution in [1.82, 2.24) is 4.98 Å². The van der Waals surface area contributed by atoms with E-state index < -0.39 is 13.9 Å². The smallest absolute Gasteiger partial charge is 0.449 e. The molecule has 1 aromatic heterocycles. The number of hydrogen-bond acceptors (Lipinski definition) is 5. The number of pyridine rings is 1. The summed E-state index contributed by atoms with van der Waals surface area (Å²) in [5.41, 5.74) is 0.366. The Hall–Kier alpha value is -1.47. The molecule has 0 atom stereocenters. The Balaban J connectivity index is 2.81. The molecule has 0 saturated carbocycles. The van der Waals surface area contributed by atoms with Gasteiger partial charge in [0, 0.05) is 18.8 Å². The van der Waals surface area contributed by atoms with Gasteiger partial charge in [0.1, 0.15) is 5.82 Å². The molecule has 2 N–H and O–H groups in total. The predicted octanol–water partition coefficient (Wildman–Crippen LogP) is 1.92. The number of hydrogen-bond donors (Lipinski definition) is 2. The van der Waals surface area contributed by atoms with Gasteiger partial charge in [-0.1, -0.05) is 19.9 Å². The van der Waals surface area contributed by atoms with Crippen LogP contribution in [0, 0.1) is 5.92 Å². The number of amides is 1. The Bertz CT molecular complexity index is 530. The Kier molecular flexibility index (Phi) is 6.29. The van der Waals surface area contributed by atoms with E-state index >= 15 is 0 Å². The van der Waals surface area contributed by atoms with E-state index in [9.17, 15) is 9.36 Å². The number of ether oxygens (including phenoxy) is 1. The molecular weight excluding hydrogens is 299 g/mol. The molecular formula is C12H19N2O6P. The number of anilines is 1. The first-order valence-corrected chi connectivity index (χ1v) is 7.78. The van der Waals surface area contributed by atoms with Crippen molar-refractivity contribution in [2.24, 2.45) is 5.92 Å². The van der Waals surface area contributed by atoms with Crippen molar-refractivity contribution in [3.05, 3.63) is 23.9 Å². The predicted molar refractivity (Wildman–Crippen MR) is 75.7 cm³/mol. The highest BCUT2D eigenvalue weighted by molar-refractivity contribution is 7.46. The van der Waals surface area contributed by atoms with Crippen molar-refractivity contribution in [3.63, 3.8) is 0 Å². The van der Waals surface area contributed by atoms with Gasteiger partial charge in [-0.3, -0.25) is 9.42 Å². The minimum atomic E-state index is -4.59. The van der Waals surface area contributed by atoms with Crippen LogP contribution in [0.25, 0.3) is 0 Å². The van der Waals surface area contributed by atoms with E-state index in [1.165, 1.54) is 18.1 Å². The van der Waals surface area contributed by atoms with Crippen molar-refractivity contribution in [1.29, 1.82) is 0 Å². The van der Waals surface area contributed by atoms with Gasteiger partial charge >= 0.3 is 13.9 Å². The molecule has 0 aliphatic carbocycles. The summed E-state index contributed by atoms with van der Waals surface area (Å²) >= 11 is 0. The number of carbonyl (C=O) groups excluding carboxylic acids is 1. The number of rotatable bonds is 6. The summed E-state index contributed by atoms with van der Waals surface area (Å²) in [6.45, 7) is 3.72. The Morgan fingerprint density at radius 3 is 2.71 bits per heavy atom. The molecule has 0 bridgehead atoms. The van der Waals surface area contributed by atoms with Crippen LogP contribution in [0.5, 0.6) is 0 Å². The zero-order valence-corrected chi connectivity index (χ0v) is 13.0.